The zero-order valence-corrected chi connectivity index (χ0v) is 15.2. The minimum atomic E-state index is -0.476. The molecule has 2 rings (SSSR count). The number of carbonyl (C=O) groups is 3. The first-order valence-corrected chi connectivity index (χ1v) is 8.69. The van der Waals surface area contributed by atoms with Crippen LogP contribution in [0, 0.1) is 19.8 Å². The molecule has 1 aromatic rings. The van der Waals surface area contributed by atoms with Gasteiger partial charge in [0.1, 0.15) is 5.69 Å². The van der Waals surface area contributed by atoms with Gasteiger partial charge in [0, 0.05) is 23.7 Å². The molecule has 6 heteroatoms. The largest absolute Gasteiger partial charge is 0.461 e. The van der Waals surface area contributed by atoms with Crippen molar-refractivity contribution in [3.63, 3.8) is 0 Å². The van der Waals surface area contributed by atoms with Gasteiger partial charge in [-0.15, -0.1) is 6.58 Å². The van der Waals surface area contributed by atoms with Gasteiger partial charge in [-0.1, -0.05) is 12.5 Å². The number of nitrogens with zero attached hydrogens (tertiary/aromatic N) is 1. The molecule has 0 unspecified atom stereocenters. The van der Waals surface area contributed by atoms with E-state index in [2.05, 4.69) is 11.6 Å². The standard InChI is InChI=1S/C19H26N2O4/c1-5-10-21(18(23)14-8-7-9-14)11-15(22)16-12(3)17(20-13(16)4)19(24)25-6-2/h5,14,20H,1,6-11H2,2-4H3. The third-order valence-corrected chi connectivity index (χ3v) is 4.65. The molecule has 1 aliphatic rings. The van der Waals surface area contributed by atoms with Gasteiger partial charge in [-0.05, 0) is 39.2 Å². The monoisotopic (exact) mass is 346 g/mol. The summed E-state index contributed by atoms with van der Waals surface area (Å²) in [6.07, 6.45) is 4.46. The summed E-state index contributed by atoms with van der Waals surface area (Å²) in [7, 11) is 0. The van der Waals surface area contributed by atoms with E-state index in [9.17, 15) is 14.4 Å². The number of hydrogen-bond acceptors (Lipinski definition) is 4. The van der Waals surface area contributed by atoms with Gasteiger partial charge in [-0.3, -0.25) is 9.59 Å². The predicted molar refractivity (Wildman–Crippen MR) is 94.7 cm³/mol. The Balaban J connectivity index is 2.19. The van der Waals surface area contributed by atoms with Crippen LogP contribution in [0.2, 0.25) is 0 Å². The molecule has 0 radical (unpaired) electrons. The van der Waals surface area contributed by atoms with E-state index in [4.69, 9.17) is 4.74 Å². The molecule has 1 heterocycles. The number of ketones is 1. The Labute approximate surface area is 148 Å². The number of ether oxygens (including phenoxy) is 1. The Kier molecular flexibility index (Phi) is 6.17. The van der Waals surface area contributed by atoms with Crippen molar-refractivity contribution in [3.05, 3.63) is 35.2 Å². The van der Waals surface area contributed by atoms with Crippen molar-refractivity contribution in [2.24, 2.45) is 5.92 Å². The third-order valence-electron chi connectivity index (χ3n) is 4.65. The molecule has 6 nitrogen and oxygen atoms in total. The summed E-state index contributed by atoms with van der Waals surface area (Å²) in [5.41, 5.74) is 1.93. The Hall–Kier alpha value is -2.37. The molecule has 136 valence electrons. The fraction of sp³-hybridized carbons (Fsp3) is 0.526. The van der Waals surface area contributed by atoms with Crippen molar-refractivity contribution >= 4 is 17.7 Å². The molecule has 0 aromatic carbocycles. The summed E-state index contributed by atoms with van der Waals surface area (Å²) in [6.45, 7) is 9.47. The van der Waals surface area contributed by atoms with Gasteiger partial charge in [0.05, 0.1) is 13.2 Å². The van der Waals surface area contributed by atoms with Crippen molar-refractivity contribution < 1.29 is 19.1 Å². The first-order valence-electron chi connectivity index (χ1n) is 8.69. The predicted octanol–water partition coefficient (Wildman–Crippen LogP) is 2.81. The van der Waals surface area contributed by atoms with Crippen LogP contribution in [0.5, 0.6) is 0 Å². The number of carbonyl (C=O) groups excluding carboxylic acids is 3. The first kappa shape index (κ1) is 19.0. The van der Waals surface area contributed by atoms with Gasteiger partial charge in [-0.2, -0.15) is 0 Å². The molecule has 0 bridgehead atoms. The Bertz CT molecular complexity index is 686. The molecule has 1 aromatic heterocycles. The number of aromatic nitrogens is 1. The van der Waals surface area contributed by atoms with Crippen molar-refractivity contribution in [1.82, 2.24) is 9.88 Å². The highest BCUT2D eigenvalue weighted by Crippen LogP contribution is 2.28. The van der Waals surface area contributed by atoms with E-state index in [1.807, 2.05) is 0 Å². The van der Waals surface area contributed by atoms with E-state index in [0.29, 0.717) is 29.1 Å². The summed E-state index contributed by atoms with van der Waals surface area (Å²) in [4.78, 5) is 41.8. The number of H-pyrrole nitrogens is 1. The molecule has 1 aliphatic carbocycles. The molecular formula is C19H26N2O4. The molecule has 1 N–H and O–H groups in total. The summed E-state index contributed by atoms with van der Waals surface area (Å²) >= 11 is 0. The van der Waals surface area contributed by atoms with Gasteiger partial charge in [0.2, 0.25) is 5.91 Å². The highest BCUT2D eigenvalue weighted by molar-refractivity contribution is 6.04. The molecule has 1 fully saturated rings. The molecule has 0 aliphatic heterocycles. The average Bonchev–Trinajstić information content (AvgIpc) is 2.80. The van der Waals surface area contributed by atoms with Crippen molar-refractivity contribution in [2.75, 3.05) is 19.7 Å². The third kappa shape index (κ3) is 4.00. The number of hydrogen-bond donors (Lipinski definition) is 1. The van der Waals surface area contributed by atoms with E-state index in [-0.39, 0.29) is 30.8 Å². The zero-order chi connectivity index (χ0) is 18.6. The summed E-state index contributed by atoms with van der Waals surface area (Å²) in [5.74, 6) is -0.626. The normalized spacial score (nSPS) is 13.9. The van der Waals surface area contributed by atoms with E-state index in [1.54, 1.807) is 31.7 Å². The van der Waals surface area contributed by atoms with Crippen LogP contribution in [0.1, 0.15) is 58.3 Å². The van der Waals surface area contributed by atoms with Crippen LogP contribution >= 0.6 is 0 Å². The maximum Gasteiger partial charge on any atom is 0.355 e. The Morgan fingerprint density at radius 2 is 2.00 bits per heavy atom. The fourth-order valence-electron chi connectivity index (χ4n) is 3.13. The lowest BCUT2D eigenvalue weighted by Crippen LogP contribution is -2.42. The number of esters is 1. The van der Waals surface area contributed by atoms with Crippen LogP contribution in [-0.4, -0.2) is 47.2 Å². The summed E-state index contributed by atoms with van der Waals surface area (Å²) < 4.78 is 5.01. The zero-order valence-electron chi connectivity index (χ0n) is 15.2. The highest BCUT2D eigenvalue weighted by atomic mass is 16.5. The van der Waals surface area contributed by atoms with Gasteiger partial charge in [0.25, 0.3) is 0 Å². The lowest BCUT2D eigenvalue weighted by atomic mass is 9.84. The van der Waals surface area contributed by atoms with Crippen molar-refractivity contribution in [2.45, 2.75) is 40.0 Å². The smallest absolute Gasteiger partial charge is 0.355 e. The van der Waals surface area contributed by atoms with Crippen LogP contribution in [0.4, 0.5) is 0 Å². The summed E-state index contributed by atoms with van der Waals surface area (Å²) in [6, 6.07) is 0. The molecular weight excluding hydrogens is 320 g/mol. The number of aryl methyl sites for hydroxylation is 1. The van der Waals surface area contributed by atoms with E-state index in [1.165, 1.54) is 0 Å². The minimum Gasteiger partial charge on any atom is -0.461 e. The molecule has 1 amide bonds. The first-order chi connectivity index (χ1) is 11.9. The number of amides is 1. The summed E-state index contributed by atoms with van der Waals surface area (Å²) in [5, 5.41) is 0. The lowest BCUT2D eigenvalue weighted by molar-refractivity contribution is -0.137. The molecule has 1 saturated carbocycles. The molecule has 0 spiro atoms. The van der Waals surface area contributed by atoms with Crippen LogP contribution in [0.25, 0.3) is 0 Å². The maximum absolute atomic E-state index is 12.8. The Morgan fingerprint density at radius 1 is 1.32 bits per heavy atom. The van der Waals surface area contributed by atoms with E-state index < -0.39 is 5.97 Å². The van der Waals surface area contributed by atoms with Crippen LogP contribution in [0.3, 0.4) is 0 Å². The molecule has 25 heavy (non-hydrogen) atoms. The number of nitrogens with one attached hydrogen (secondary N) is 1. The van der Waals surface area contributed by atoms with Crippen molar-refractivity contribution in [1.29, 1.82) is 0 Å². The average molecular weight is 346 g/mol. The maximum atomic E-state index is 12.8. The van der Waals surface area contributed by atoms with Gasteiger partial charge >= 0.3 is 5.97 Å². The fourth-order valence-corrected chi connectivity index (χ4v) is 3.13. The van der Waals surface area contributed by atoms with Gasteiger partial charge in [0.15, 0.2) is 5.78 Å². The topological polar surface area (TPSA) is 79.5 Å². The van der Waals surface area contributed by atoms with Crippen LogP contribution in [0.15, 0.2) is 12.7 Å². The number of rotatable bonds is 8. The number of Topliss-reactive ketones (excluding diaryl/α,β-unsaturated/α-hetero) is 1. The number of aromatic amines is 1. The second-order valence-corrected chi connectivity index (χ2v) is 6.40. The highest BCUT2D eigenvalue weighted by Gasteiger charge is 2.31. The van der Waals surface area contributed by atoms with Gasteiger partial charge < -0.3 is 14.6 Å². The van der Waals surface area contributed by atoms with E-state index in [0.717, 1.165) is 19.3 Å². The quantitative estimate of drug-likeness (QED) is 0.446. The van der Waals surface area contributed by atoms with Crippen LogP contribution in [-0.2, 0) is 9.53 Å². The van der Waals surface area contributed by atoms with Gasteiger partial charge in [-0.25, -0.2) is 4.79 Å². The lowest BCUT2D eigenvalue weighted by Gasteiger charge is -2.30. The second-order valence-electron chi connectivity index (χ2n) is 6.40. The minimum absolute atomic E-state index is 0.0101. The Morgan fingerprint density at radius 3 is 2.52 bits per heavy atom. The van der Waals surface area contributed by atoms with E-state index >= 15 is 0 Å². The second kappa shape index (κ2) is 8.14. The molecule has 0 saturated heterocycles. The molecule has 0 atom stereocenters. The van der Waals surface area contributed by atoms with Crippen molar-refractivity contribution in [3.8, 4) is 0 Å². The van der Waals surface area contributed by atoms with Crippen LogP contribution < -0.4 is 0 Å². The SMILES string of the molecule is C=CCN(CC(=O)c1c(C)[nH]c(C(=O)OCC)c1C)C(=O)C1CCC1.